The Morgan fingerprint density at radius 2 is 2.00 bits per heavy atom. The highest BCUT2D eigenvalue weighted by atomic mass is 16.5. The molecule has 1 aliphatic rings. The first-order chi connectivity index (χ1) is 10.2. The Labute approximate surface area is 129 Å². The Balaban J connectivity index is 1.71. The molecule has 2 rings (SSSR count). The van der Waals surface area contributed by atoms with Crippen LogP contribution >= 0.6 is 0 Å². The number of benzene rings is 1. The highest BCUT2D eigenvalue weighted by molar-refractivity contribution is 5.26. The lowest BCUT2D eigenvalue weighted by molar-refractivity contribution is 0.252. The van der Waals surface area contributed by atoms with Gasteiger partial charge in [0, 0.05) is 12.1 Å². The monoisotopic (exact) mass is 290 g/mol. The topological polar surface area (TPSA) is 24.5 Å². The molecule has 0 bridgehead atoms. The first-order valence-corrected chi connectivity index (χ1v) is 8.35. The summed E-state index contributed by atoms with van der Waals surface area (Å²) < 4.78 is 5.86. The van der Waals surface area contributed by atoms with Gasteiger partial charge >= 0.3 is 0 Å². The van der Waals surface area contributed by atoms with E-state index in [2.05, 4.69) is 43.1 Å². The lowest BCUT2D eigenvalue weighted by atomic mass is 10.1. The molecule has 0 amide bonds. The summed E-state index contributed by atoms with van der Waals surface area (Å²) in [5, 5.41) is 3.73. The van der Waals surface area contributed by atoms with Crippen LogP contribution in [0.25, 0.3) is 0 Å². The lowest BCUT2D eigenvalue weighted by Gasteiger charge is -2.22. The Hall–Kier alpha value is -1.06. The molecule has 1 fully saturated rings. The van der Waals surface area contributed by atoms with Crippen molar-refractivity contribution in [2.45, 2.75) is 52.1 Å². The van der Waals surface area contributed by atoms with Gasteiger partial charge in [0.2, 0.25) is 0 Å². The zero-order chi connectivity index (χ0) is 15.1. The van der Waals surface area contributed by atoms with Crippen LogP contribution in [0.15, 0.2) is 24.3 Å². The summed E-state index contributed by atoms with van der Waals surface area (Å²) >= 11 is 0. The van der Waals surface area contributed by atoms with Crippen molar-refractivity contribution in [2.24, 2.45) is 0 Å². The minimum absolute atomic E-state index is 0.393. The molecule has 1 saturated heterocycles. The average Bonchev–Trinajstić information content (AvgIpc) is 2.72. The average molecular weight is 290 g/mol. The fourth-order valence-corrected chi connectivity index (χ4v) is 2.94. The molecule has 21 heavy (non-hydrogen) atoms. The fraction of sp³-hybridized carbons (Fsp3) is 0.667. The fourth-order valence-electron chi connectivity index (χ4n) is 2.94. The van der Waals surface area contributed by atoms with Crippen LogP contribution in [0, 0.1) is 6.92 Å². The van der Waals surface area contributed by atoms with Gasteiger partial charge in [-0.2, -0.15) is 0 Å². The molecule has 3 heteroatoms. The number of hydrogen-bond acceptors (Lipinski definition) is 3. The third-order valence-corrected chi connectivity index (χ3v) is 4.31. The summed E-state index contributed by atoms with van der Waals surface area (Å²) in [6.45, 7) is 11.0. The van der Waals surface area contributed by atoms with Gasteiger partial charge in [-0.3, -0.25) is 0 Å². The third-order valence-electron chi connectivity index (χ3n) is 4.31. The Kier molecular flexibility index (Phi) is 6.52. The number of aryl methyl sites for hydroxylation is 1. The molecule has 0 saturated carbocycles. The zero-order valence-corrected chi connectivity index (χ0v) is 13.8. The maximum absolute atomic E-state index is 5.86. The molecule has 118 valence electrons. The van der Waals surface area contributed by atoms with Crippen LogP contribution in [-0.4, -0.2) is 43.2 Å². The van der Waals surface area contributed by atoms with Crippen molar-refractivity contribution in [2.75, 3.05) is 26.2 Å². The van der Waals surface area contributed by atoms with E-state index in [1.165, 1.54) is 44.5 Å². The van der Waals surface area contributed by atoms with Crippen molar-refractivity contribution in [3.8, 4) is 5.75 Å². The van der Waals surface area contributed by atoms with Crippen LogP contribution in [0.5, 0.6) is 5.75 Å². The van der Waals surface area contributed by atoms with Crippen molar-refractivity contribution < 1.29 is 4.74 Å². The zero-order valence-electron chi connectivity index (χ0n) is 13.8. The first-order valence-electron chi connectivity index (χ1n) is 8.35. The van der Waals surface area contributed by atoms with E-state index in [9.17, 15) is 0 Å². The standard InChI is InChI=1S/C18H30N2O/c1-4-20-12-5-6-17(11-13-20)19-16(3)14-21-18-9-7-15(2)8-10-18/h7-10,16-17,19H,4-6,11-14H2,1-3H3. The van der Waals surface area contributed by atoms with Gasteiger partial charge in [-0.15, -0.1) is 0 Å². The summed E-state index contributed by atoms with van der Waals surface area (Å²) in [5.74, 6) is 0.965. The maximum Gasteiger partial charge on any atom is 0.119 e. The highest BCUT2D eigenvalue weighted by Gasteiger charge is 2.17. The van der Waals surface area contributed by atoms with Crippen LogP contribution in [0.3, 0.4) is 0 Å². The first kappa shape index (κ1) is 16.3. The smallest absolute Gasteiger partial charge is 0.119 e. The van der Waals surface area contributed by atoms with E-state index in [0.29, 0.717) is 12.1 Å². The minimum atomic E-state index is 0.393. The second-order valence-electron chi connectivity index (χ2n) is 6.25. The van der Waals surface area contributed by atoms with E-state index in [1.54, 1.807) is 0 Å². The van der Waals surface area contributed by atoms with Gasteiger partial charge in [0.15, 0.2) is 0 Å². The second-order valence-corrected chi connectivity index (χ2v) is 6.25. The van der Waals surface area contributed by atoms with Gasteiger partial charge in [0.25, 0.3) is 0 Å². The number of rotatable bonds is 6. The highest BCUT2D eigenvalue weighted by Crippen LogP contribution is 2.13. The van der Waals surface area contributed by atoms with E-state index < -0.39 is 0 Å². The summed E-state index contributed by atoms with van der Waals surface area (Å²) in [4.78, 5) is 2.55. The molecular formula is C18H30N2O. The van der Waals surface area contributed by atoms with Crippen LogP contribution in [0.1, 0.15) is 38.7 Å². The van der Waals surface area contributed by atoms with Crippen molar-refractivity contribution >= 4 is 0 Å². The predicted molar refractivity (Wildman–Crippen MR) is 89.0 cm³/mol. The number of nitrogens with one attached hydrogen (secondary N) is 1. The third kappa shape index (κ3) is 5.68. The van der Waals surface area contributed by atoms with Gasteiger partial charge in [-0.1, -0.05) is 24.6 Å². The van der Waals surface area contributed by atoms with Crippen LogP contribution in [0.2, 0.25) is 0 Å². The summed E-state index contributed by atoms with van der Waals surface area (Å²) in [6, 6.07) is 9.32. The number of ether oxygens (including phenoxy) is 1. The van der Waals surface area contributed by atoms with Gasteiger partial charge in [-0.25, -0.2) is 0 Å². The molecule has 1 heterocycles. The summed E-state index contributed by atoms with van der Waals surface area (Å²) in [6.07, 6.45) is 3.84. The molecule has 2 atom stereocenters. The SMILES string of the molecule is CCN1CCCC(NC(C)COc2ccc(C)cc2)CC1. The van der Waals surface area contributed by atoms with E-state index in [-0.39, 0.29) is 0 Å². The lowest BCUT2D eigenvalue weighted by Crippen LogP contribution is -2.40. The molecule has 1 aromatic carbocycles. The van der Waals surface area contributed by atoms with E-state index in [4.69, 9.17) is 4.74 Å². The van der Waals surface area contributed by atoms with Crippen LogP contribution in [0.4, 0.5) is 0 Å². The Morgan fingerprint density at radius 3 is 2.71 bits per heavy atom. The van der Waals surface area contributed by atoms with Crippen molar-refractivity contribution in [1.29, 1.82) is 0 Å². The molecule has 3 nitrogen and oxygen atoms in total. The molecule has 1 aliphatic heterocycles. The minimum Gasteiger partial charge on any atom is -0.492 e. The van der Waals surface area contributed by atoms with Crippen LogP contribution < -0.4 is 10.1 Å². The predicted octanol–water partition coefficient (Wildman–Crippen LogP) is 3.23. The second kappa shape index (κ2) is 8.40. The molecule has 0 spiro atoms. The molecule has 1 N–H and O–H groups in total. The molecule has 2 unspecified atom stereocenters. The van der Waals surface area contributed by atoms with Crippen molar-refractivity contribution in [1.82, 2.24) is 10.2 Å². The van der Waals surface area contributed by atoms with E-state index >= 15 is 0 Å². The molecule has 1 aromatic rings. The van der Waals surface area contributed by atoms with E-state index in [1.807, 2.05) is 12.1 Å². The normalized spacial score (nSPS) is 21.8. The van der Waals surface area contributed by atoms with Gasteiger partial charge in [0.05, 0.1) is 0 Å². The molecular weight excluding hydrogens is 260 g/mol. The number of hydrogen-bond donors (Lipinski definition) is 1. The molecule has 0 aliphatic carbocycles. The van der Waals surface area contributed by atoms with Gasteiger partial charge in [-0.05, 0) is 64.9 Å². The number of likely N-dealkylation sites (tertiary alicyclic amines) is 1. The Morgan fingerprint density at radius 1 is 1.24 bits per heavy atom. The van der Waals surface area contributed by atoms with Crippen molar-refractivity contribution in [3.05, 3.63) is 29.8 Å². The summed E-state index contributed by atoms with van der Waals surface area (Å²) in [5.41, 5.74) is 1.27. The Bertz CT molecular complexity index is 404. The largest absolute Gasteiger partial charge is 0.492 e. The number of nitrogens with zero attached hydrogens (tertiary/aromatic N) is 1. The van der Waals surface area contributed by atoms with E-state index in [0.717, 1.165) is 12.4 Å². The maximum atomic E-state index is 5.86. The van der Waals surface area contributed by atoms with Crippen molar-refractivity contribution in [3.63, 3.8) is 0 Å². The summed E-state index contributed by atoms with van der Waals surface area (Å²) in [7, 11) is 0. The quantitative estimate of drug-likeness (QED) is 0.870. The molecule has 0 aromatic heterocycles. The van der Waals surface area contributed by atoms with Gasteiger partial charge in [0.1, 0.15) is 12.4 Å². The molecule has 0 radical (unpaired) electrons. The van der Waals surface area contributed by atoms with Gasteiger partial charge < -0.3 is 15.0 Å². The van der Waals surface area contributed by atoms with Crippen LogP contribution in [-0.2, 0) is 0 Å².